The number of thioether (sulfide) groups is 1. The molecule has 21 heavy (non-hydrogen) atoms. The summed E-state index contributed by atoms with van der Waals surface area (Å²) >= 11 is 3.47. The summed E-state index contributed by atoms with van der Waals surface area (Å²) in [7, 11) is 0. The van der Waals surface area contributed by atoms with E-state index >= 15 is 0 Å². The maximum atomic E-state index is 10.5. The van der Waals surface area contributed by atoms with E-state index in [1.54, 1.807) is 18.3 Å². The van der Waals surface area contributed by atoms with Gasteiger partial charge in [-0.3, -0.25) is 0 Å². The predicted octanol–water partition coefficient (Wildman–Crippen LogP) is 2.65. The first-order valence-corrected chi connectivity index (χ1v) is 9.70. The molecule has 0 bridgehead atoms. The Balaban J connectivity index is 2.47. The maximum absolute atomic E-state index is 10.5. The second-order valence-electron chi connectivity index (χ2n) is 5.11. The van der Waals surface area contributed by atoms with Crippen molar-refractivity contribution in [2.75, 3.05) is 31.6 Å². The van der Waals surface area contributed by atoms with Crippen molar-refractivity contribution in [3.8, 4) is 0 Å². The first-order chi connectivity index (χ1) is 10.1. The lowest BCUT2D eigenvalue weighted by atomic mass is 10.00. The van der Waals surface area contributed by atoms with Crippen LogP contribution >= 0.6 is 23.1 Å². The SMILES string of the molecule is CCNC(=NCC(C)(O)c1ccsc1)NCCCCSC. The van der Waals surface area contributed by atoms with Crippen LogP contribution in [0.5, 0.6) is 0 Å². The van der Waals surface area contributed by atoms with E-state index in [0.717, 1.165) is 31.0 Å². The van der Waals surface area contributed by atoms with Gasteiger partial charge in [-0.2, -0.15) is 23.1 Å². The molecular formula is C15H27N3OS2. The van der Waals surface area contributed by atoms with Crippen LogP contribution in [0.4, 0.5) is 0 Å². The van der Waals surface area contributed by atoms with Crippen molar-refractivity contribution < 1.29 is 5.11 Å². The summed E-state index contributed by atoms with van der Waals surface area (Å²) < 4.78 is 0. The molecule has 0 radical (unpaired) electrons. The fourth-order valence-electron chi connectivity index (χ4n) is 1.82. The van der Waals surface area contributed by atoms with Gasteiger partial charge in [0.05, 0.1) is 6.54 Å². The minimum absolute atomic E-state index is 0.351. The molecule has 0 spiro atoms. The second-order valence-corrected chi connectivity index (χ2v) is 6.87. The van der Waals surface area contributed by atoms with E-state index in [4.69, 9.17) is 0 Å². The first kappa shape index (κ1) is 18.3. The molecule has 1 aromatic heterocycles. The van der Waals surface area contributed by atoms with Crippen molar-refractivity contribution in [3.63, 3.8) is 0 Å². The number of unbranched alkanes of at least 4 members (excludes halogenated alkanes) is 1. The first-order valence-electron chi connectivity index (χ1n) is 7.36. The number of nitrogens with one attached hydrogen (secondary N) is 2. The van der Waals surface area contributed by atoms with Crippen LogP contribution in [0, 0.1) is 0 Å². The minimum Gasteiger partial charge on any atom is -0.383 e. The number of rotatable bonds is 9. The van der Waals surface area contributed by atoms with Gasteiger partial charge in [0.2, 0.25) is 0 Å². The van der Waals surface area contributed by atoms with E-state index in [1.165, 1.54) is 12.2 Å². The third-order valence-corrected chi connectivity index (χ3v) is 4.48. The zero-order chi connectivity index (χ0) is 15.6. The fourth-order valence-corrected chi connectivity index (χ4v) is 3.09. The molecule has 1 heterocycles. The highest BCUT2D eigenvalue weighted by atomic mass is 32.2. The van der Waals surface area contributed by atoms with Crippen molar-refractivity contribution in [2.45, 2.75) is 32.3 Å². The van der Waals surface area contributed by atoms with Gasteiger partial charge in [0.15, 0.2) is 5.96 Å². The minimum atomic E-state index is -0.915. The molecule has 0 aliphatic heterocycles. The monoisotopic (exact) mass is 329 g/mol. The lowest BCUT2D eigenvalue weighted by Gasteiger charge is -2.21. The highest BCUT2D eigenvalue weighted by molar-refractivity contribution is 7.98. The molecule has 1 unspecified atom stereocenters. The van der Waals surface area contributed by atoms with Gasteiger partial charge in [-0.05, 0) is 61.1 Å². The van der Waals surface area contributed by atoms with E-state index in [9.17, 15) is 5.11 Å². The Morgan fingerprint density at radius 1 is 1.43 bits per heavy atom. The van der Waals surface area contributed by atoms with Crippen molar-refractivity contribution in [1.29, 1.82) is 0 Å². The molecule has 1 aromatic rings. The largest absolute Gasteiger partial charge is 0.383 e. The molecule has 1 rings (SSSR count). The van der Waals surface area contributed by atoms with Crippen molar-refractivity contribution in [3.05, 3.63) is 22.4 Å². The summed E-state index contributed by atoms with van der Waals surface area (Å²) in [6.07, 6.45) is 4.47. The molecule has 4 nitrogen and oxygen atoms in total. The van der Waals surface area contributed by atoms with Gasteiger partial charge in [0.25, 0.3) is 0 Å². The van der Waals surface area contributed by atoms with E-state index < -0.39 is 5.60 Å². The van der Waals surface area contributed by atoms with Gasteiger partial charge >= 0.3 is 0 Å². The van der Waals surface area contributed by atoms with Crippen molar-refractivity contribution in [2.24, 2.45) is 4.99 Å². The normalized spacial score (nSPS) is 14.8. The Kier molecular flexibility index (Phi) is 8.80. The number of aliphatic hydroxyl groups is 1. The molecule has 1 atom stereocenters. The van der Waals surface area contributed by atoms with Gasteiger partial charge in [-0.15, -0.1) is 0 Å². The quantitative estimate of drug-likeness (QED) is 0.370. The topological polar surface area (TPSA) is 56.7 Å². The van der Waals surface area contributed by atoms with Crippen LogP contribution < -0.4 is 10.6 Å². The van der Waals surface area contributed by atoms with Crippen LogP contribution in [-0.2, 0) is 5.60 Å². The number of guanidine groups is 1. The van der Waals surface area contributed by atoms with Crippen molar-refractivity contribution in [1.82, 2.24) is 10.6 Å². The summed E-state index contributed by atoms with van der Waals surface area (Å²) in [6, 6.07) is 1.95. The van der Waals surface area contributed by atoms with Crippen LogP contribution in [0.1, 0.15) is 32.3 Å². The fraction of sp³-hybridized carbons (Fsp3) is 0.667. The summed E-state index contributed by atoms with van der Waals surface area (Å²) in [5, 5.41) is 21.0. The van der Waals surface area contributed by atoms with Gasteiger partial charge < -0.3 is 15.7 Å². The molecule has 0 fully saturated rings. The summed E-state index contributed by atoms with van der Waals surface area (Å²) in [6.45, 7) is 5.93. The standard InChI is InChI=1S/C15H27N3OS2/c1-4-16-14(17-8-5-6-9-20-3)18-12-15(2,19)13-7-10-21-11-13/h7,10-11,19H,4-6,8-9,12H2,1-3H3,(H2,16,17,18). The zero-order valence-electron chi connectivity index (χ0n) is 13.2. The second kappa shape index (κ2) is 10.1. The van der Waals surface area contributed by atoms with Crippen LogP contribution in [0.2, 0.25) is 0 Å². The van der Waals surface area contributed by atoms with Gasteiger partial charge in [0.1, 0.15) is 5.60 Å². The Morgan fingerprint density at radius 2 is 2.24 bits per heavy atom. The average Bonchev–Trinajstić information content (AvgIpc) is 2.99. The molecular weight excluding hydrogens is 302 g/mol. The van der Waals surface area contributed by atoms with E-state index in [0.29, 0.717) is 6.54 Å². The van der Waals surface area contributed by atoms with Gasteiger partial charge in [0, 0.05) is 13.1 Å². The molecule has 120 valence electrons. The van der Waals surface area contributed by atoms with E-state index in [-0.39, 0.29) is 0 Å². The van der Waals surface area contributed by atoms with Gasteiger partial charge in [-0.25, -0.2) is 4.99 Å². The number of hydrogen-bond donors (Lipinski definition) is 3. The Bertz CT molecular complexity index is 405. The number of thiophene rings is 1. The highest BCUT2D eigenvalue weighted by Crippen LogP contribution is 2.23. The lowest BCUT2D eigenvalue weighted by Crippen LogP contribution is -2.39. The highest BCUT2D eigenvalue weighted by Gasteiger charge is 2.23. The van der Waals surface area contributed by atoms with Crippen LogP contribution in [0.3, 0.4) is 0 Å². The average molecular weight is 330 g/mol. The predicted molar refractivity (Wildman–Crippen MR) is 95.5 cm³/mol. The third kappa shape index (κ3) is 7.20. The Labute approximate surface area is 136 Å². The summed E-state index contributed by atoms with van der Waals surface area (Å²) in [5.41, 5.74) is 0.00774. The Hall–Kier alpha value is -0.720. The number of hydrogen-bond acceptors (Lipinski definition) is 4. The molecule has 0 saturated heterocycles. The molecule has 0 saturated carbocycles. The van der Waals surface area contributed by atoms with E-state index in [1.807, 2.05) is 35.5 Å². The molecule has 0 aromatic carbocycles. The van der Waals surface area contributed by atoms with Crippen LogP contribution in [-0.4, -0.2) is 42.7 Å². The molecule has 3 N–H and O–H groups in total. The van der Waals surface area contributed by atoms with Crippen LogP contribution in [0.15, 0.2) is 21.8 Å². The molecule has 6 heteroatoms. The molecule has 0 amide bonds. The molecule has 0 aliphatic carbocycles. The smallest absolute Gasteiger partial charge is 0.191 e. The summed E-state index contributed by atoms with van der Waals surface area (Å²) in [4.78, 5) is 4.50. The Morgan fingerprint density at radius 3 is 2.86 bits per heavy atom. The van der Waals surface area contributed by atoms with E-state index in [2.05, 4.69) is 21.9 Å². The lowest BCUT2D eigenvalue weighted by molar-refractivity contribution is 0.0677. The number of nitrogens with zero attached hydrogens (tertiary/aromatic N) is 1. The van der Waals surface area contributed by atoms with Crippen molar-refractivity contribution >= 4 is 29.1 Å². The van der Waals surface area contributed by atoms with Crippen LogP contribution in [0.25, 0.3) is 0 Å². The van der Waals surface area contributed by atoms with Gasteiger partial charge in [-0.1, -0.05) is 0 Å². The maximum Gasteiger partial charge on any atom is 0.191 e. The number of aliphatic imine (C=N–C) groups is 1. The summed E-state index contributed by atoms with van der Waals surface area (Å²) in [5.74, 6) is 1.97. The molecule has 0 aliphatic rings. The zero-order valence-corrected chi connectivity index (χ0v) is 14.8. The third-order valence-electron chi connectivity index (χ3n) is 3.10.